The van der Waals surface area contributed by atoms with Gasteiger partial charge in [-0.25, -0.2) is 0 Å². The minimum atomic E-state index is -0.270. The number of allylic oxidation sites excluding steroid dienone is 4. The fraction of sp³-hybridized carbons (Fsp3) is 0.169. The number of thiophene rings is 3. The van der Waals surface area contributed by atoms with Gasteiger partial charge in [0.1, 0.15) is 11.2 Å². The van der Waals surface area contributed by atoms with Gasteiger partial charge >= 0.3 is 0 Å². The first kappa shape index (κ1) is 52.3. The Bertz CT molecular complexity index is 5010. The Morgan fingerprint density at radius 3 is 1.37 bits per heavy atom. The molecule has 0 radical (unpaired) electrons. The molecule has 9 heteroatoms. The van der Waals surface area contributed by atoms with Crippen LogP contribution < -0.4 is 26.2 Å². The largest absolute Gasteiger partial charge is 0.440 e. The van der Waals surface area contributed by atoms with Crippen molar-refractivity contribution in [3.8, 4) is 33.4 Å². The molecule has 0 saturated carbocycles. The normalized spacial score (nSPS) is 16.3. The Labute approximate surface area is 518 Å². The van der Waals surface area contributed by atoms with E-state index < -0.39 is 0 Å². The third-order valence-electron chi connectivity index (χ3n) is 18.6. The summed E-state index contributed by atoms with van der Waals surface area (Å²) in [6, 6.07) is 60.1. The molecule has 0 amide bonds. The monoisotopic (exact) mass is 1180 g/mol. The fourth-order valence-electron chi connectivity index (χ4n) is 14.0. The van der Waals surface area contributed by atoms with Gasteiger partial charge in [-0.15, -0.1) is 45.8 Å². The van der Waals surface area contributed by atoms with E-state index in [4.69, 9.17) is 8.83 Å². The summed E-state index contributed by atoms with van der Waals surface area (Å²) in [5, 5.41) is 15.9. The van der Waals surface area contributed by atoms with Crippen LogP contribution in [0.4, 0.5) is 34.5 Å². The second-order valence-corrected chi connectivity index (χ2v) is 30.0. The first-order valence-corrected chi connectivity index (χ1v) is 33.6. The van der Waals surface area contributed by atoms with Crippen LogP contribution in [0, 0.1) is 5.92 Å². The number of fused-ring (bicyclic) bond motifs is 12. The van der Waals surface area contributed by atoms with Crippen molar-refractivity contribution >= 4 is 161 Å². The third kappa shape index (κ3) is 8.07. The summed E-state index contributed by atoms with van der Waals surface area (Å²) < 4.78 is 19.1. The molecule has 2 unspecified atom stereocenters. The number of hydrogen-bond acceptors (Lipinski definition) is 8. The Kier molecular flexibility index (Phi) is 11.7. The average Bonchev–Trinajstić information content (AvgIpc) is 1.38. The number of furan rings is 2. The van der Waals surface area contributed by atoms with E-state index in [9.17, 15) is 0 Å². The van der Waals surface area contributed by atoms with Crippen LogP contribution in [0.15, 0.2) is 212 Å². The Morgan fingerprint density at radius 1 is 0.465 bits per heavy atom. The molecule has 2 atom stereocenters. The molecule has 86 heavy (non-hydrogen) atoms. The zero-order valence-corrected chi connectivity index (χ0v) is 52.5. The Hall–Kier alpha value is -8.05. The highest BCUT2D eigenvalue weighted by Gasteiger charge is 2.50. The zero-order chi connectivity index (χ0) is 58.1. The molecule has 17 rings (SSSR count). The van der Waals surface area contributed by atoms with Crippen LogP contribution in [0.5, 0.6) is 0 Å². The van der Waals surface area contributed by atoms with Crippen molar-refractivity contribution in [3.63, 3.8) is 0 Å². The molecular weight excluding hydrogens is 1120 g/mol. The third-order valence-corrected chi connectivity index (χ3v) is 22.6. The molecule has 0 spiro atoms. The van der Waals surface area contributed by atoms with Crippen molar-refractivity contribution in [2.45, 2.75) is 77.4 Å². The lowest BCUT2D eigenvalue weighted by atomic mass is 9.33. The van der Waals surface area contributed by atoms with E-state index in [2.05, 4.69) is 269 Å². The van der Waals surface area contributed by atoms with Crippen molar-refractivity contribution in [3.05, 3.63) is 226 Å². The summed E-state index contributed by atoms with van der Waals surface area (Å²) in [5.41, 5.74) is 23.0. The first-order chi connectivity index (χ1) is 41.7. The van der Waals surface area contributed by atoms with Gasteiger partial charge in [-0.3, -0.25) is 9.80 Å². The maximum absolute atomic E-state index is 7.65. The smallest absolute Gasteiger partial charge is 0.262 e. The van der Waals surface area contributed by atoms with Gasteiger partial charge in [-0.2, -0.15) is 0 Å². The van der Waals surface area contributed by atoms with Gasteiger partial charge in [0.15, 0.2) is 0 Å². The fourth-order valence-corrected chi connectivity index (χ4v) is 18.1. The van der Waals surface area contributed by atoms with Crippen LogP contribution in [-0.4, -0.2) is 12.0 Å². The van der Waals surface area contributed by atoms with Gasteiger partial charge in [0, 0.05) is 91.2 Å². The topological polar surface area (TPSA) is 32.8 Å². The number of nitrogens with zero attached hydrogens (tertiary/aromatic N) is 2. The van der Waals surface area contributed by atoms with Crippen molar-refractivity contribution in [2.24, 2.45) is 5.92 Å². The summed E-state index contributed by atoms with van der Waals surface area (Å²) in [6.07, 6.45) is 9.20. The maximum Gasteiger partial charge on any atom is 0.262 e. The molecular formula is C77H61BN2O2S4. The highest BCUT2D eigenvalue weighted by atomic mass is 32.2. The van der Waals surface area contributed by atoms with E-state index in [0.29, 0.717) is 5.25 Å². The lowest BCUT2D eigenvalue weighted by Crippen LogP contribution is -2.61. The minimum absolute atomic E-state index is 0.120. The van der Waals surface area contributed by atoms with Crippen LogP contribution in [0.25, 0.3) is 91.2 Å². The molecule has 4 aliphatic rings. The van der Waals surface area contributed by atoms with Crippen molar-refractivity contribution in [1.29, 1.82) is 0 Å². The van der Waals surface area contributed by atoms with Crippen LogP contribution in [0.2, 0.25) is 0 Å². The van der Waals surface area contributed by atoms with Crippen LogP contribution in [0.1, 0.15) is 83.6 Å². The summed E-state index contributed by atoms with van der Waals surface area (Å²) in [6.45, 7) is 18.3. The highest BCUT2D eigenvalue weighted by Crippen LogP contribution is 2.53. The van der Waals surface area contributed by atoms with E-state index in [0.717, 1.165) is 67.4 Å². The van der Waals surface area contributed by atoms with Crippen molar-refractivity contribution in [2.75, 3.05) is 9.80 Å². The number of rotatable bonds is 7. The maximum atomic E-state index is 7.65. The van der Waals surface area contributed by atoms with Crippen LogP contribution in [0.3, 0.4) is 0 Å². The second-order valence-electron chi connectivity index (χ2n) is 26.2. The number of thioether (sulfide) groups is 1. The van der Waals surface area contributed by atoms with Crippen molar-refractivity contribution in [1.82, 2.24) is 0 Å². The van der Waals surface area contributed by atoms with Crippen molar-refractivity contribution < 1.29 is 8.83 Å². The van der Waals surface area contributed by atoms with E-state index >= 15 is 0 Å². The number of anilines is 6. The molecule has 4 nitrogen and oxygen atoms in total. The molecule has 8 heterocycles. The van der Waals surface area contributed by atoms with Gasteiger partial charge in [0.25, 0.3) is 6.71 Å². The standard InChI is InChI=1S/C77H61BN2O2S4/c1-43(2)44-35-63-73-64(36-44)80(52-33-47(61-41-85-69-23-15-11-19-55(61)69)30-48(34-52)62-42-86-70-24-16-12-20-56(62)70)75-72(58-38-50(77(6,7)8)26-28-66(58)82-75)78(73)71-57-37-49(76(3,4)5)25-27-65(57)81-74(71)79(63)51-31-45(59-39-83-67-21-13-9-17-53(59)67)29-46(32-51)60-40-84-68-22-14-10-18-54(60)68/h9-43,53,67H,1-8H3. The summed E-state index contributed by atoms with van der Waals surface area (Å²) >= 11 is 7.38. The molecule has 3 aliphatic heterocycles. The van der Waals surface area contributed by atoms with Gasteiger partial charge in [0.05, 0.1) is 11.4 Å². The van der Waals surface area contributed by atoms with E-state index in [-0.39, 0.29) is 29.4 Å². The lowest BCUT2D eigenvalue weighted by molar-refractivity contribution is 0.589. The minimum Gasteiger partial charge on any atom is -0.440 e. The summed E-state index contributed by atoms with van der Waals surface area (Å²) in [4.78, 5) is 5.03. The molecule has 1 aliphatic carbocycles. The number of hydrogen-bond donors (Lipinski definition) is 0. The van der Waals surface area contributed by atoms with E-state index in [1.807, 2.05) is 45.8 Å². The molecule has 0 fully saturated rings. The van der Waals surface area contributed by atoms with Gasteiger partial charge in [-0.05, 0) is 179 Å². The molecule has 13 aromatic rings. The van der Waals surface area contributed by atoms with Gasteiger partial charge in [0.2, 0.25) is 11.8 Å². The zero-order valence-electron chi connectivity index (χ0n) is 49.3. The highest BCUT2D eigenvalue weighted by molar-refractivity contribution is 8.03. The van der Waals surface area contributed by atoms with E-state index in [1.54, 1.807) is 0 Å². The predicted molar refractivity (Wildman–Crippen MR) is 375 cm³/mol. The van der Waals surface area contributed by atoms with Crippen LogP contribution >= 0.6 is 45.8 Å². The lowest BCUT2D eigenvalue weighted by Gasteiger charge is -2.41. The Morgan fingerprint density at radius 2 is 0.907 bits per heavy atom. The van der Waals surface area contributed by atoms with Gasteiger partial charge < -0.3 is 8.83 Å². The van der Waals surface area contributed by atoms with Gasteiger partial charge in [-0.1, -0.05) is 146 Å². The second kappa shape index (κ2) is 19.2. The summed E-state index contributed by atoms with van der Waals surface area (Å²) in [7, 11) is 0. The molecule has 0 N–H and O–H groups in total. The predicted octanol–water partition coefficient (Wildman–Crippen LogP) is 21.8. The molecule has 418 valence electrons. The molecule has 5 aromatic heterocycles. The molecule has 8 aromatic carbocycles. The van der Waals surface area contributed by atoms with Crippen LogP contribution in [-0.2, 0) is 10.8 Å². The average molecular weight is 1190 g/mol. The first-order valence-electron chi connectivity index (χ1n) is 30.0. The summed E-state index contributed by atoms with van der Waals surface area (Å²) in [5.74, 6) is 2.12. The Balaban J connectivity index is 1.00. The number of benzene rings is 8. The molecule has 0 bridgehead atoms. The SMILES string of the molecule is CC(C)c1cc2c3c(c1)N(c1cc(-c4csc5ccccc45)cc(-c4csc5ccccc45)c1)c1oc4ccc(C(C)(C)C)cc4c1B3c1c(oc3ccc(C(C)(C)C)cc13)N2c1cc(C2=CSC3C=CC=CC23)cc(-c2csc3ccccc23)c1. The van der Waals surface area contributed by atoms with E-state index in [1.165, 1.54) is 96.9 Å². The quantitative estimate of drug-likeness (QED) is 0.149. The molecule has 0 saturated heterocycles.